The third-order valence-electron chi connectivity index (χ3n) is 7.32. The average molecular weight is 545 g/mol. The summed E-state index contributed by atoms with van der Waals surface area (Å²) in [4.78, 5) is 21.0. The van der Waals surface area contributed by atoms with Crippen molar-refractivity contribution < 1.29 is 27.8 Å². The number of carboxylic acid groups (broad SMARTS) is 1. The summed E-state index contributed by atoms with van der Waals surface area (Å²) in [5, 5.41) is 10.8. The Balaban J connectivity index is 0.000000392. The molecule has 0 atom stereocenters. The number of para-hydroxylation sites is 2. The zero-order valence-electron chi connectivity index (χ0n) is 21.6. The number of aromatic nitrogens is 4. The maximum Gasteiger partial charge on any atom is 0.490 e. The molecule has 2 N–H and O–H groups in total. The molecule has 0 bridgehead atoms. The molecule has 0 unspecified atom stereocenters. The first-order valence-electron chi connectivity index (χ1n) is 13.0. The quantitative estimate of drug-likeness (QED) is 0.360. The minimum atomic E-state index is -5.08. The zero-order valence-corrected chi connectivity index (χ0v) is 21.6. The summed E-state index contributed by atoms with van der Waals surface area (Å²) in [6, 6.07) is 13.4. The number of rotatable bonds is 5. The summed E-state index contributed by atoms with van der Waals surface area (Å²) in [7, 11) is 2.08. The fourth-order valence-corrected chi connectivity index (χ4v) is 5.26. The number of hydrogen-bond acceptors (Lipinski definition) is 6. The highest BCUT2D eigenvalue weighted by molar-refractivity contribution is 5.92. The lowest BCUT2D eigenvalue weighted by Crippen LogP contribution is -2.36. The van der Waals surface area contributed by atoms with Crippen LogP contribution in [0.4, 0.5) is 24.5 Å². The molecular formula is C27H31F3N6O3. The molecule has 2 aliphatic rings. The lowest BCUT2D eigenvalue weighted by atomic mass is 10.2. The largest absolute Gasteiger partial charge is 0.490 e. The van der Waals surface area contributed by atoms with Crippen molar-refractivity contribution in [1.82, 2.24) is 19.1 Å². The highest BCUT2D eigenvalue weighted by Gasteiger charge is 2.38. The van der Waals surface area contributed by atoms with E-state index in [1.807, 2.05) is 12.4 Å². The van der Waals surface area contributed by atoms with E-state index in [9.17, 15) is 13.2 Å². The van der Waals surface area contributed by atoms with Crippen LogP contribution in [0.3, 0.4) is 0 Å². The Labute approximate surface area is 223 Å². The first-order chi connectivity index (χ1) is 18.7. The van der Waals surface area contributed by atoms with Crippen molar-refractivity contribution >= 4 is 39.4 Å². The molecule has 3 heterocycles. The Morgan fingerprint density at radius 1 is 1.13 bits per heavy atom. The molecule has 208 valence electrons. The minimum absolute atomic E-state index is 0.563. The van der Waals surface area contributed by atoms with Crippen LogP contribution in [0, 0.1) is 0 Å². The number of morpholine rings is 1. The number of nitrogens with one attached hydrogen (secondary N) is 1. The van der Waals surface area contributed by atoms with Gasteiger partial charge in [0.05, 0.1) is 48.3 Å². The van der Waals surface area contributed by atoms with E-state index in [1.54, 1.807) is 0 Å². The molecule has 6 rings (SSSR count). The number of fused-ring (bicyclic) bond motifs is 2. The van der Waals surface area contributed by atoms with Gasteiger partial charge in [-0.05, 0) is 37.1 Å². The average Bonchev–Trinajstić information content (AvgIpc) is 3.67. The number of alkyl halides is 3. The first-order valence-corrected chi connectivity index (χ1v) is 13.0. The van der Waals surface area contributed by atoms with E-state index < -0.39 is 12.1 Å². The smallest absolute Gasteiger partial charge is 0.475 e. The molecule has 1 saturated heterocycles. The molecule has 1 saturated carbocycles. The van der Waals surface area contributed by atoms with Gasteiger partial charge in [0, 0.05) is 31.9 Å². The van der Waals surface area contributed by atoms with E-state index in [1.165, 1.54) is 36.9 Å². The van der Waals surface area contributed by atoms with Crippen molar-refractivity contribution in [3.05, 3.63) is 48.5 Å². The Morgan fingerprint density at radius 2 is 1.82 bits per heavy atom. The van der Waals surface area contributed by atoms with Gasteiger partial charge in [0.15, 0.2) is 0 Å². The summed E-state index contributed by atoms with van der Waals surface area (Å²) >= 11 is 0. The number of carboxylic acids is 1. The van der Waals surface area contributed by atoms with Crippen molar-refractivity contribution in [3.8, 4) is 0 Å². The molecule has 2 fully saturated rings. The van der Waals surface area contributed by atoms with Gasteiger partial charge in [0.2, 0.25) is 0 Å². The van der Waals surface area contributed by atoms with Crippen LogP contribution in [0.1, 0.15) is 37.5 Å². The number of hydrogen-bond donors (Lipinski definition) is 2. The number of halogens is 3. The highest BCUT2D eigenvalue weighted by atomic mass is 19.4. The standard InChI is InChI=1S/C25H30N6O.C2HF3O2/c1-29-22-9-5-4-8-20(22)28-24(29)16-26-21-14-19(30-10-12-32-13-11-30)15-23-25(21)27-17-31(23)18-6-2-3-7-18;3-2(4,5)1(6)7/h4-5,8-9,14-15,17-18,26H,2-3,6-7,10-13,16H2,1H3;(H,6,7). The number of anilines is 2. The molecule has 9 nitrogen and oxygen atoms in total. The number of aliphatic carboxylic acids is 1. The second kappa shape index (κ2) is 11.1. The molecule has 2 aromatic heterocycles. The molecule has 2 aromatic carbocycles. The molecule has 0 radical (unpaired) electrons. The Morgan fingerprint density at radius 3 is 2.49 bits per heavy atom. The van der Waals surface area contributed by atoms with Crippen LogP contribution in [-0.4, -0.2) is 62.7 Å². The number of ether oxygens (including phenoxy) is 1. The van der Waals surface area contributed by atoms with Crippen molar-refractivity contribution in [2.24, 2.45) is 7.05 Å². The van der Waals surface area contributed by atoms with Crippen LogP contribution in [0.15, 0.2) is 42.7 Å². The van der Waals surface area contributed by atoms with E-state index in [0.717, 1.165) is 54.4 Å². The first kappa shape index (κ1) is 26.8. The fourth-order valence-electron chi connectivity index (χ4n) is 5.26. The van der Waals surface area contributed by atoms with Gasteiger partial charge >= 0.3 is 12.1 Å². The van der Waals surface area contributed by atoms with Crippen LogP contribution in [0.25, 0.3) is 22.1 Å². The number of imidazole rings is 2. The lowest BCUT2D eigenvalue weighted by Gasteiger charge is -2.29. The van der Waals surface area contributed by atoms with Crippen LogP contribution < -0.4 is 10.2 Å². The molecule has 1 aliphatic heterocycles. The van der Waals surface area contributed by atoms with Crippen molar-refractivity contribution in [1.29, 1.82) is 0 Å². The Kier molecular flexibility index (Phi) is 7.65. The van der Waals surface area contributed by atoms with Crippen LogP contribution in [0.2, 0.25) is 0 Å². The van der Waals surface area contributed by atoms with Gasteiger partial charge in [0.25, 0.3) is 0 Å². The lowest BCUT2D eigenvalue weighted by molar-refractivity contribution is -0.192. The molecule has 1 aliphatic carbocycles. The predicted molar refractivity (Wildman–Crippen MR) is 142 cm³/mol. The van der Waals surface area contributed by atoms with Crippen LogP contribution >= 0.6 is 0 Å². The van der Waals surface area contributed by atoms with Gasteiger partial charge < -0.3 is 29.2 Å². The predicted octanol–water partition coefficient (Wildman–Crippen LogP) is 5.12. The molecule has 39 heavy (non-hydrogen) atoms. The van der Waals surface area contributed by atoms with Gasteiger partial charge in [-0.3, -0.25) is 0 Å². The molecule has 0 amide bonds. The van der Waals surface area contributed by atoms with E-state index in [2.05, 4.69) is 56.7 Å². The van der Waals surface area contributed by atoms with Gasteiger partial charge in [0.1, 0.15) is 11.3 Å². The summed E-state index contributed by atoms with van der Waals surface area (Å²) in [6.07, 6.45) is 2.08. The summed E-state index contributed by atoms with van der Waals surface area (Å²) in [5.74, 6) is -1.74. The maximum atomic E-state index is 10.6. The third-order valence-corrected chi connectivity index (χ3v) is 7.32. The van der Waals surface area contributed by atoms with Crippen molar-refractivity contribution in [3.63, 3.8) is 0 Å². The number of benzene rings is 2. The van der Waals surface area contributed by atoms with Gasteiger partial charge in [-0.2, -0.15) is 13.2 Å². The SMILES string of the molecule is Cn1c(CNc2cc(N3CCOCC3)cc3c2ncn3C2CCCC2)nc2ccccc21.O=C(O)C(F)(F)F. The molecule has 4 aromatic rings. The topological polar surface area (TPSA) is 97.4 Å². The van der Waals surface area contributed by atoms with Gasteiger partial charge in [-0.25, -0.2) is 14.8 Å². The zero-order chi connectivity index (χ0) is 27.6. The van der Waals surface area contributed by atoms with Gasteiger partial charge in [-0.15, -0.1) is 0 Å². The fraction of sp³-hybridized carbons (Fsp3) is 0.444. The molecular weight excluding hydrogens is 513 g/mol. The normalized spacial score (nSPS) is 16.5. The molecule has 12 heteroatoms. The van der Waals surface area contributed by atoms with E-state index in [-0.39, 0.29) is 0 Å². The highest BCUT2D eigenvalue weighted by Crippen LogP contribution is 2.36. The number of carbonyl (C=O) groups is 1. The van der Waals surface area contributed by atoms with Crippen molar-refractivity contribution in [2.45, 2.75) is 44.4 Å². The Hall–Kier alpha value is -3.80. The number of aryl methyl sites for hydroxylation is 1. The second-order valence-electron chi connectivity index (χ2n) is 9.78. The summed E-state index contributed by atoms with van der Waals surface area (Å²) in [5.41, 5.74) is 6.79. The van der Waals surface area contributed by atoms with E-state index >= 15 is 0 Å². The van der Waals surface area contributed by atoms with E-state index in [4.69, 9.17) is 24.6 Å². The monoisotopic (exact) mass is 544 g/mol. The maximum absolute atomic E-state index is 10.6. The van der Waals surface area contributed by atoms with Crippen LogP contribution in [0.5, 0.6) is 0 Å². The second-order valence-corrected chi connectivity index (χ2v) is 9.78. The minimum Gasteiger partial charge on any atom is -0.475 e. The number of nitrogens with zero attached hydrogens (tertiary/aromatic N) is 5. The summed E-state index contributed by atoms with van der Waals surface area (Å²) < 4.78 is 41.9. The van der Waals surface area contributed by atoms with E-state index in [0.29, 0.717) is 12.6 Å². The van der Waals surface area contributed by atoms with Crippen LogP contribution in [-0.2, 0) is 23.1 Å². The summed E-state index contributed by atoms with van der Waals surface area (Å²) in [6.45, 7) is 4.06. The van der Waals surface area contributed by atoms with Crippen molar-refractivity contribution in [2.75, 3.05) is 36.5 Å². The molecule has 0 spiro atoms. The third kappa shape index (κ3) is 5.80. The van der Waals surface area contributed by atoms with Gasteiger partial charge in [-0.1, -0.05) is 25.0 Å². The Bertz CT molecular complexity index is 1450.